The van der Waals surface area contributed by atoms with Gasteiger partial charge < -0.3 is 9.88 Å². The maximum atomic E-state index is 8.80. The fraction of sp³-hybridized carbons (Fsp3) is 0.583. The van der Waals surface area contributed by atoms with Crippen LogP contribution in [0.3, 0.4) is 0 Å². The first kappa shape index (κ1) is 11.8. The molecular formula is C12H19N3. The molecule has 0 aliphatic carbocycles. The van der Waals surface area contributed by atoms with Crippen LogP contribution in [0.5, 0.6) is 0 Å². The molecule has 0 spiro atoms. The maximum Gasteiger partial charge on any atom is 0.120 e. The van der Waals surface area contributed by atoms with Crippen molar-refractivity contribution in [3.63, 3.8) is 0 Å². The third-order valence-electron chi connectivity index (χ3n) is 2.16. The summed E-state index contributed by atoms with van der Waals surface area (Å²) in [6.07, 6.45) is 1.99. The van der Waals surface area contributed by atoms with Gasteiger partial charge in [-0.2, -0.15) is 5.26 Å². The molecule has 0 unspecified atom stereocenters. The van der Waals surface area contributed by atoms with Crippen LogP contribution in [0, 0.1) is 16.7 Å². The number of hydrogen-bond donors (Lipinski definition) is 1. The third kappa shape index (κ3) is 3.77. The normalized spacial score (nSPS) is 11.4. The van der Waals surface area contributed by atoms with Crippen molar-refractivity contribution in [2.75, 3.05) is 6.54 Å². The van der Waals surface area contributed by atoms with Gasteiger partial charge in [0.25, 0.3) is 0 Å². The Bertz CT molecular complexity index is 363. The van der Waals surface area contributed by atoms with Gasteiger partial charge in [-0.25, -0.2) is 0 Å². The highest BCUT2D eigenvalue weighted by atomic mass is 14.9. The Morgan fingerprint density at radius 3 is 2.60 bits per heavy atom. The Balaban J connectivity index is 2.49. The van der Waals surface area contributed by atoms with Crippen molar-refractivity contribution in [3.05, 3.63) is 23.5 Å². The van der Waals surface area contributed by atoms with Gasteiger partial charge in [0, 0.05) is 26.3 Å². The minimum Gasteiger partial charge on any atom is -0.342 e. The molecular weight excluding hydrogens is 186 g/mol. The highest BCUT2D eigenvalue weighted by Gasteiger charge is 2.09. The van der Waals surface area contributed by atoms with E-state index in [1.807, 2.05) is 23.9 Å². The fourth-order valence-electron chi connectivity index (χ4n) is 1.42. The van der Waals surface area contributed by atoms with Gasteiger partial charge >= 0.3 is 0 Å². The molecule has 0 atom stereocenters. The lowest BCUT2D eigenvalue weighted by atomic mass is 9.97. The molecule has 0 aliphatic heterocycles. The van der Waals surface area contributed by atoms with Crippen molar-refractivity contribution in [2.24, 2.45) is 12.5 Å². The highest BCUT2D eigenvalue weighted by molar-refractivity contribution is 5.28. The summed E-state index contributed by atoms with van der Waals surface area (Å²) in [4.78, 5) is 0. The van der Waals surface area contributed by atoms with Crippen molar-refractivity contribution >= 4 is 0 Å². The van der Waals surface area contributed by atoms with E-state index < -0.39 is 0 Å². The number of hydrogen-bond acceptors (Lipinski definition) is 2. The molecule has 0 amide bonds. The molecule has 3 nitrogen and oxygen atoms in total. The van der Waals surface area contributed by atoms with Crippen LogP contribution < -0.4 is 5.32 Å². The Morgan fingerprint density at radius 1 is 1.47 bits per heavy atom. The van der Waals surface area contributed by atoms with Crippen LogP contribution in [-0.2, 0) is 13.6 Å². The van der Waals surface area contributed by atoms with Crippen LogP contribution in [0.1, 0.15) is 32.0 Å². The van der Waals surface area contributed by atoms with Gasteiger partial charge in [-0.15, -0.1) is 0 Å². The van der Waals surface area contributed by atoms with Crippen molar-refractivity contribution in [1.29, 1.82) is 5.26 Å². The molecule has 15 heavy (non-hydrogen) atoms. The average Bonchev–Trinajstić information content (AvgIpc) is 2.44. The molecule has 1 N–H and O–H groups in total. The molecule has 82 valence electrons. The quantitative estimate of drug-likeness (QED) is 0.820. The van der Waals surface area contributed by atoms with E-state index in [0.29, 0.717) is 11.1 Å². The number of nitrogens with one attached hydrogen (secondary N) is 1. The van der Waals surface area contributed by atoms with Crippen molar-refractivity contribution in [3.8, 4) is 6.07 Å². The molecule has 0 fully saturated rings. The first-order valence-corrected chi connectivity index (χ1v) is 5.18. The molecule has 0 aromatic carbocycles. The minimum absolute atomic E-state index is 0.298. The lowest BCUT2D eigenvalue weighted by molar-refractivity contribution is 0.379. The van der Waals surface area contributed by atoms with Gasteiger partial charge in [-0.3, -0.25) is 0 Å². The van der Waals surface area contributed by atoms with Crippen molar-refractivity contribution < 1.29 is 0 Å². The van der Waals surface area contributed by atoms with E-state index in [-0.39, 0.29) is 0 Å². The number of nitriles is 1. The Hall–Kier alpha value is -1.27. The lowest BCUT2D eigenvalue weighted by Crippen LogP contribution is -2.26. The zero-order chi connectivity index (χ0) is 11.5. The molecule has 1 rings (SSSR count). The largest absolute Gasteiger partial charge is 0.342 e. The highest BCUT2D eigenvalue weighted by Crippen LogP contribution is 2.11. The molecule has 0 radical (unpaired) electrons. The van der Waals surface area contributed by atoms with Gasteiger partial charge in [0.05, 0.1) is 0 Å². The summed E-state index contributed by atoms with van der Waals surface area (Å²) in [5.74, 6) is 0. The molecule has 0 bridgehead atoms. The smallest absolute Gasteiger partial charge is 0.120 e. The molecule has 1 aromatic heterocycles. The van der Waals surface area contributed by atoms with Gasteiger partial charge in [0.2, 0.25) is 0 Å². The predicted molar refractivity (Wildman–Crippen MR) is 61.3 cm³/mol. The summed E-state index contributed by atoms with van der Waals surface area (Å²) in [7, 11) is 1.89. The SMILES string of the molecule is Cn1cc(CNCC(C)(C)C)cc1C#N. The summed E-state index contributed by atoms with van der Waals surface area (Å²) >= 11 is 0. The Labute approximate surface area is 91.7 Å². The third-order valence-corrected chi connectivity index (χ3v) is 2.16. The first-order valence-electron chi connectivity index (χ1n) is 5.18. The second-order valence-corrected chi connectivity index (χ2v) is 5.12. The van der Waals surface area contributed by atoms with Crippen LogP contribution in [0.2, 0.25) is 0 Å². The van der Waals surface area contributed by atoms with Gasteiger partial charge in [0.15, 0.2) is 0 Å². The van der Waals surface area contributed by atoms with E-state index in [1.54, 1.807) is 0 Å². The molecule has 0 saturated carbocycles. The topological polar surface area (TPSA) is 40.8 Å². The molecule has 0 aliphatic rings. The van der Waals surface area contributed by atoms with E-state index in [9.17, 15) is 0 Å². The van der Waals surface area contributed by atoms with Gasteiger partial charge in [-0.1, -0.05) is 20.8 Å². The van der Waals surface area contributed by atoms with Crippen LogP contribution in [-0.4, -0.2) is 11.1 Å². The predicted octanol–water partition coefficient (Wildman–Crippen LogP) is 2.03. The maximum absolute atomic E-state index is 8.80. The second kappa shape index (κ2) is 4.50. The van der Waals surface area contributed by atoms with Crippen LogP contribution in [0.15, 0.2) is 12.3 Å². The minimum atomic E-state index is 0.298. The Morgan fingerprint density at radius 2 is 2.13 bits per heavy atom. The molecule has 0 saturated heterocycles. The van der Waals surface area contributed by atoms with Gasteiger partial charge in [-0.05, 0) is 17.0 Å². The van der Waals surface area contributed by atoms with Crippen LogP contribution in [0.4, 0.5) is 0 Å². The van der Waals surface area contributed by atoms with E-state index in [4.69, 9.17) is 5.26 Å². The summed E-state index contributed by atoms with van der Waals surface area (Å²) in [6, 6.07) is 4.08. The lowest BCUT2D eigenvalue weighted by Gasteiger charge is -2.18. The summed E-state index contributed by atoms with van der Waals surface area (Å²) in [5.41, 5.74) is 2.17. The van der Waals surface area contributed by atoms with Gasteiger partial charge in [0.1, 0.15) is 11.8 Å². The van der Waals surface area contributed by atoms with E-state index in [0.717, 1.165) is 13.1 Å². The summed E-state index contributed by atoms with van der Waals surface area (Å²) in [6.45, 7) is 8.40. The standard InChI is InChI=1S/C12H19N3/c1-12(2,3)9-14-7-10-5-11(6-13)15(4)8-10/h5,8,14H,7,9H2,1-4H3. The summed E-state index contributed by atoms with van der Waals surface area (Å²) < 4.78 is 1.86. The zero-order valence-electron chi connectivity index (χ0n) is 9.96. The number of aryl methyl sites for hydroxylation is 1. The molecule has 1 aromatic rings. The van der Waals surface area contributed by atoms with Crippen molar-refractivity contribution in [2.45, 2.75) is 27.3 Å². The number of rotatable bonds is 3. The molecule has 3 heteroatoms. The Kier molecular flexibility index (Phi) is 3.54. The number of nitrogens with zero attached hydrogens (tertiary/aromatic N) is 2. The average molecular weight is 205 g/mol. The summed E-state index contributed by atoms with van der Waals surface area (Å²) in [5, 5.41) is 12.2. The zero-order valence-corrected chi connectivity index (χ0v) is 9.96. The van der Waals surface area contributed by atoms with E-state index in [2.05, 4.69) is 32.2 Å². The van der Waals surface area contributed by atoms with E-state index in [1.165, 1.54) is 5.56 Å². The fourth-order valence-corrected chi connectivity index (χ4v) is 1.42. The second-order valence-electron chi connectivity index (χ2n) is 5.12. The monoisotopic (exact) mass is 205 g/mol. The van der Waals surface area contributed by atoms with Crippen LogP contribution in [0.25, 0.3) is 0 Å². The molecule has 1 heterocycles. The van der Waals surface area contributed by atoms with Crippen LogP contribution >= 0.6 is 0 Å². The van der Waals surface area contributed by atoms with E-state index >= 15 is 0 Å². The first-order chi connectivity index (χ1) is 6.92. The number of aromatic nitrogens is 1. The van der Waals surface area contributed by atoms with Crippen molar-refractivity contribution in [1.82, 2.24) is 9.88 Å².